The summed E-state index contributed by atoms with van der Waals surface area (Å²) < 4.78 is 0. The van der Waals surface area contributed by atoms with E-state index in [-0.39, 0.29) is 17.6 Å². The molecule has 0 aromatic rings. The van der Waals surface area contributed by atoms with Gasteiger partial charge < -0.3 is 10.2 Å². The van der Waals surface area contributed by atoms with Crippen molar-refractivity contribution in [2.75, 3.05) is 0 Å². The maximum atomic E-state index is 11.6. The van der Waals surface area contributed by atoms with Crippen molar-refractivity contribution < 1.29 is 19.8 Å². The van der Waals surface area contributed by atoms with Gasteiger partial charge in [-0.05, 0) is 27.2 Å². The normalized spacial score (nSPS) is 16.9. The minimum atomic E-state index is -0.858. The molecular weight excluding hydrogens is 208 g/mol. The van der Waals surface area contributed by atoms with E-state index < -0.39 is 23.1 Å². The highest BCUT2D eigenvalue weighted by Gasteiger charge is 2.31. The van der Waals surface area contributed by atoms with Gasteiger partial charge in [0.1, 0.15) is 0 Å². The number of hydrogen-bond donors (Lipinski definition) is 2. The van der Waals surface area contributed by atoms with Crippen LogP contribution < -0.4 is 0 Å². The fourth-order valence-electron chi connectivity index (χ4n) is 1.39. The minimum Gasteiger partial charge on any atom is -0.501 e. The molecule has 16 heavy (non-hydrogen) atoms. The van der Waals surface area contributed by atoms with Crippen molar-refractivity contribution in [3.63, 3.8) is 0 Å². The number of carbonyl (C=O) groups is 2. The molecule has 0 aliphatic heterocycles. The summed E-state index contributed by atoms with van der Waals surface area (Å²) in [6.45, 7) is 5.22. The zero-order valence-corrected chi connectivity index (χ0v) is 9.50. The zero-order valence-electron chi connectivity index (χ0n) is 9.50. The van der Waals surface area contributed by atoms with Crippen LogP contribution in [-0.2, 0) is 9.59 Å². The molecule has 1 rings (SSSR count). The lowest BCUT2D eigenvalue weighted by Crippen LogP contribution is -2.22. The number of hydrogen-bond acceptors (Lipinski definition) is 4. The Labute approximate surface area is 93.6 Å². The molecule has 4 nitrogen and oxygen atoms in total. The number of Topliss-reactive ketones (excluding diaryl/α,β-unsaturated/α-hetero) is 2. The Morgan fingerprint density at radius 3 is 2.12 bits per heavy atom. The number of allylic oxidation sites excluding steroid dienone is 4. The van der Waals surface area contributed by atoms with Gasteiger partial charge in [0.15, 0.2) is 0 Å². The quantitative estimate of drug-likeness (QED) is 0.554. The molecule has 1 aliphatic rings. The highest BCUT2D eigenvalue weighted by atomic mass is 16.3. The number of rotatable bonds is 2. The molecule has 0 saturated heterocycles. The summed E-state index contributed by atoms with van der Waals surface area (Å²) in [4.78, 5) is 23.0. The molecule has 2 N–H and O–H groups in total. The van der Waals surface area contributed by atoms with Crippen LogP contribution in [0.1, 0.15) is 27.2 Å². The molecule has 86 valence electrons. The topological polar surface area (TPSA) is 74.6 Å². The SMILES string of the molecule is CC(C)=CCC1=C(C)C(=O)C(O)=C(O)C1=O. The Morgan fingerprint density at radius 1 is 1.12 bits per heavy atom. The van der Waals surface area contributed by atoms with E-state index in [4.69, 9.17) is 0 Å². The maximum Gasteiger partial charge on any atom is 0.228 e. The number of aliphatic hydroxyl groups is 2. The Bertz CT molecular complexity index is 446. The van der Waals surface area contributed by atoms with Crippen LogP contribution in [-0.4, -0.2) is 21.8 Å². The molecule has 0 aromatic carbocycles. The molecule has 0 amide bonds. The van der Waals surface area contributed by atoms with Gasteiger partial charge in [-0.1, -0.05) is 11.6 Å². The highest BCUT2D eigenvalue weighted by Crippen LogP contribution is 2.24. The molecule has 0 aromatic heterocycles. The van der Waals surface area contributed by atoms with Crippen LogP contribution in [0.4, 0.5) is 0 Å². The standard InChI is InChI=1S/C12H14O4/c1-6(2)4-5-8-7(3)9(13)11(15)12(16)10(8)14/h4,15-16H,5H2,1-3H3. The first kappa shape index (κ1) is 12.2. The average Bonchev–Trinajstić information content (AvgIpc) is 2.23. The second-order valence-electron chi connectivity index (χ2n) is 3.94. The molecule has 0 spiro atoms. The van der Waals surface area contributed by atoms with Gasteiger partial charge in [0.05, 0.1) is 0 Å². The average molecular weight is 222 g/mol. The van der Waals surface area contributed by atoms with Crippen LogP contribution in [0.15, 0.2) is 34.3 Å². The lowest BCUT2D eigenvalue weighted by molar-refractivity contribution is -0.120. The van der Waals surface area contributed by atoms with Crippen LogP contribution in [0, 0.1) is 0 Å². The van der Waals surface area contributed by atoms with Crippen molar-refractivity contribution in [2.24, 2.45) is 0 Å². The predicted octanol–water partition coefficient (Wildman–Crippen LogP) is 2.14. The van der Waals surface area contributed by atoms with Crippen molar-refractivity contribution >= 4 is 11.6 Å². The Morgan fingerprint density at radius 2 is 1.62 bits per heavy atom. The minimum absolute atomic E-state index is 0.192. The van der Waals surface area contributed by atoms with E-state index >= 15 is 0 Å². The van der Waals surface area contributed by atoms with E-state index in [1.165, 1.54) is 6.92 Å². The Hall–Kier alpha value is -1.84. The van der Waals surface area contributed by atoms with E-state index in [1.807, 2.05) is 13.8 Å². The smallest absolute Gasteiger partial charge is 0.228 e. The number of aliphatic hydroxyl groups excluding tert-OH is 2. The van der Waals surface area contributed by atoms with Crippen molar-refractivity contribution in [1.29, 1.82) is 0 Å². The number of ketones is 2. The number of carbonyl (C=O) groups excluding carboxylic acids is 2. The Balaban J connectivity index is 3.14. The van der Waals surface area contributed by atoms with Gasteiger partial charge in [-0.2, -0.15) is 0 Å². The fourth-order valence-corrected chi connectivity index (χ4v) is 1.39. The van der Waals surface area contributed by atoms with Crippen LogP contribution in [0.3, 0.4) is 0 Å². The maximum absolute atomic E-state index is 11.6. The van der Waals surface area contributed by atoms with Gasteiger partial charge in [-0.15, -0.1) is 0 Å². The first-order chi connectivity index (χ1) is 7.36. The van der Waals surface area contributed by atoms with Gasteiger partial charge in [0.2, 0.25) is 23.1 Å². The summed E-state index contributed by atoms with van der Waals surface area (Å²) in [5.41, 5.74) is 1.44. The second-order valence-corrected chi connectivity index (χ2v) is 3.94. The van der Waals surface area contributed by atoms with Crippen LogP contribution in [0.25, 0.3) is 0 Å². The third kappa shape index (κ3) is 2.05. The summed E-state index contributed by atoms with van der Waals surface area (Å²) in [6.07, 6.45) is 2.08. The lowest BCUT2D eigenvalue weighted by Gasteiger charge is -2.14. The van der Waals surface area contributed by atoms with Crippen LogP contribution in [0.2, 0.25) is 0 Å². The van der Waals surface area contributed by atoms with Gasteiger partial charge in [0, 0.05) is 11.1 Å². The van der Waals surface area contributed by atoms with Crippen molar-refractivity contribution in [3.05, 3.63) is 34.3 Å². The van der Waals surface area contributed by atoms with E-state index in [0.717, 1.165) is 5.57 Å². The molecule has 0 radical (unpaired) electrons. The van der Waals surface area contributed by atoms with Crippen molar-refractivity contribution in [2.45, 2.75) is 27.2 Å². The van der Waals surface area contributed by atoms with E-state index in [1.54, 1.807) is 6.08 Å². The van der Waals surface area contributed by atoms with Gasteiger partial charge >= 0.3 is 0 Å². The summed E-state index contributed by atoms with van der Waals surface area (Å²) in [7, 11) is 0. The summed E-state index contributed by atoms with van der Waals surface area (Å²) in [5.74, 6) is -3.07. The molecule has 0 unspecified atom stereocenters. The lowest BCUT2D eigenvalue weighted by atomic mass is 9.91. The third-order valence-electron chi connectivity index (χ3n) is 2.44. The third-order valence-corrected chi connectivity index (χ3v) is 2.44. The van der Waals surface area contributed by atoms with Gasteiger partial charge in [-0.3, -0.25) is 9.59 Å². The summed E-state index contributed by atoms with van der Waals surface area (Å²) >= 11 is 0. The molecule has 0 saturated carbocycles. The summed E-state index contributed by atoms with van der Waals surface area (Å²) in [6, 6.07) is 0. The molecule has 0 bridgehead atoms. The first-order valence-electron chi connectivity index (χ1n) is 4.91. The fraction of sp³-hybridized carbons (Fsp3) is 0.333. The largest absolute Gasteiger partial charge is 0.501 e. The van der Waals surface area contributed by atoms with Gasteiger partial charge in [0.25, 0.3) is 0 Å². The van der Waals surface area contributed by atoms with Crippen molar-refractivity contribution in [3.8, 4) is 0 Å². The van der Waals surface area contributed by atoms with Gasteiger partial charge in [-0.25, -0.2) is 0 Å². The summed E-state index contributed by atoms with van der Waals surface area (Å²) in [5, 5.41) is 18.5. The zero-order chi connectivity index (χ0) is 12.5. The molecule has 1 aliphatic carbocycles. The first-order valence-corrected chi connectivity index (χ1v) is 4.91. The van der Waals surface area contributed by atoms with Crippen LogP contribution in [0.5, 0.6) is 0 Å². The second kappa shape index (κ2) is 4.35. The molecule has 0 fully saturated rings. The molecule has 0 heterocycles. The highest BCUT2D eigenvalue weighted by molar-refractivity contribution is 6.23. The molecular formula is C12H14O4. The van der Waals surface area contributed by atoms with Crippen LogP contribution >= 0.6 is 0 Å². The monoisotopic (exact) mass is 222 g/mol. The Kier molecular flexibility index (Phi) is 3.32. The van der Waals surface area contributed by atoms with E-state index in [2.05, 4.69) is 0 Å². The predicted molar refractivity (Wildman–Crippen MR) is 59.0 cm³/mol. The van der Waals surface area contributed by atoms with E-state index in [9.17, 15) is 19.8 Å². The molecule has 4 heteroatoms. The molecule has 0 atom stereocenters. The van der Waals surface area contributed by atoms with E-state index in [0.29, 0.717) is 0 Å². The van der Waals surface area contributed by atoms with Crippen molar-refractivity contribution in [1.82, 2.24) is 0 Å².